The molecule has 0 aromatic rings. The van der Waals surface area contributed by atoms with E-state index in [-0.39, 0.29) is 5.91 Å². The maximum atomic E-state index is 12.5. The zero-order valence-electron chi connectivity index (χ0n) is 11.8. The molecule has 5 nitrogen and oxygen atoms in total. The van der Waals surface area contributed by atoms with Crippen LogP contribution in [0.3, 0.4) is 0 Å². The Morgan fingerprint density at radius 3 is 2.47 bits per heavy atom. The third-order valence-electron chi connectivity index (χ3n) is 4.58. The number of carbonyl (C=O) groups is 1. The average Bonchev–Trinajstić information content (AvgIpc) is 2.85. The Hall–Kier alpha value is -0.650. The van der Waals surface area contributed by atoms with Gasteiger partial charge in [-0.05, 0) is 38.8 Å². The molecule has 19 heavy (non-hydrogen) atoms. The van der Waals surface area contributed by atoms with Gasteiger partial charge >= 0.3 is 0 Å². The molecular weight excluding hydrogens is 244 g/mol. The van der Waals surface area contributed by atoms with Crippen molar-refractivity contribution in [2.75, 3.05) is 33.4 Å². The van der Waals surface area contributed by atoms with Crippen molar-refractivity contribution in [3.05, 3.63) is 0 Å². The second-order valence-corrected chi connectivity index (χ2v) is 6.08. The molecular formula is C14H26N2O3. The fourth-order valence-corrected chi connectivity index (χ4v) is 3.26. The predicted molar refractivity (Wildman–Crippen MR) is 72.8 cm³/mol. The lowest BCUT2D eigenvalue weighted by Gasteiger charge is -2.36. The summed E-state index contributed by atoms with van der Waals surface area (Å²) in [6.07, 6.45) is 5.30. The summed E-state index contributed by atoms with van der Waals surface area (Å²) in [7, 11) is 1.64. The maximum absolute atomic E-state index is 12.5. The molecule has 1 aliphatic heterocycles. The summed E-state index contributed by atoms with van der Waals surface area (Å²) in [5, 5.41) is 16.5. The Bertz CT molecular complexity index is 302. The highest BCUT2D eigenvalue weighted by Gasteiger charge is 2.41. The van der Waals surface area contributed by atoms with Crippen LogP contribution in [-0.2, 0) is 9.53 Å². The molecule has 0 spiro atoms. The van der Waals surface area contributed by atoms with Crippen LogP contribution in [0, 0.1) is 5.41 Å². The van der Waals surface area contributed by atoms with Crippen LogP contribution < -0.4 is 10.6 Å². The zero-order valence-corrected chi connectivity index (χ0v) is 11.8. The van der Waals surface area contributed by atoms with Crippen LogP contribution in [0.4, 0.5) is 0 Å². The van der Waals surface area contributed by atoms with E-state index in [9.17, 15) is 9.90 Å². The molecule has 0 unspecified atom stereocenters. The molecule has 0 atom stereocenters. The number of ether oxygens (including phenoxy) is 1. The average molecular weight is 270 g/mol. The minimum absolute atomic E-state index is 0.0381. The normalized spacial score (nSPS) is 25.2. The number of rotatable bonds is 5. The number of nitrogens with one attached hydrogen (secondary N) is 2. The molecule has 1 amide bonds. The standard InChI is InChI=1S/C14H26N2O3/c1-19-11-13(6-8-15-9-7-13)12(17)16-10-14(18)4-2-3-5-14/h15,18H,2-11H2,1H3,(H,16,17). The van der Waals surface area contributed by atoms with Crippen molar-refractivity contribution < 1.29 is 14.6 Å². The Morgan fingerprint density at radius 1 is 1.26 bits per heavy atom. The van der Waals surface area contributed by atoms with E-state index in [1.165, 1.54) is 0 Å². The lowest BCUT2D eigenvalue weighted by molar-refractivity contribution is -0.137. The van der Waals surface area contributed by atoms with Crippen LogP contribution in [-0.4, -0.2) is 50.0 Å². The van der Waals surface area contributed by atoms with E-state index in [0.717, 1.165) is 51.6 Å². The van der Waals surface area contributed by atoms with Gasteiger partial charge in [0, 0.05) is 13.7 Å². The quantitative estimate of drug-likeness (QED) is 0.677. The van der Waals surface area contributed by atoms with E-state index in [1.807, 2.05) is 0 Å². The largest absolute Gasteiger partial charge is 0.388 e. The van der Waals surface area contributed by atoms with Crippen molar-refractivity contribution in [3.8, 4) is 0 Å². The number of carbonyl (C=O) groups excluding carboxylic acids is 1. The van der Waals surface area contributed by atoms with Gasteiger partial charge in [0.15, 0.2) is 0 Å². The molecule has 110 valence electrons. The number of aliphatic hydroxyl groups is 1. The van der Waals surface area contributed by atoms with Crippen molar-refractivity contribution in [1.82, 2.24) is 10.6 Å². The summed E-state index contributed by atoms with van der Waals surface area (Å²) in [5.41, 5.74) is -1.11. The molecule has 2 aliphatic rings. The molecule has 0 radical (unpaired) electrons. The second-order valence-electron chi connectivity index (χ2n) is 6.08. The van der Waals surface area contributed by atoms with Gasteiger partial charge in [-0.3, -0.25) is 4.79 Å². The molecule has 3 N–H and O–H groups in total. The Labute approximate surface area is 115 Å². The van der Waals surface area contributed by atoms with Crippen LogP contribution >= 0.6 is 0 Å². The lowest BCUT2D eigenvalue weighted by Crippen LogP contribution is -2.52. The minimum Gasteiger partial charge on any atom is -0.388 e. The van der Waals surface area contributed by atoms with E-state index in [4.69, 9.17) is 4.74 Å². The molecule has 5 heteroatoms. The van der Waals surface area contributed by atoms with Gasteiger partial charge < -0.3 is 20.5 Å². The van der Waals surface area contributed by atoms with Gasteiger partial charge in [-0.2, -0.15) is 0 Å². The van der Waals surface area contributed by atoms with Gasteiger partial charge in [-0.15, -0.1) is 0 Å². The van der Waals surface area contributed by atoms with Crippen molar-refractivity contribution in [3.63, 3.8) is 0 Å². The van der Waals surface area contributed by atoms with E-state index in [0.29, 0.717) is 13.2 Å². The Balaban J connectivity index is 1.91. The molecule has 0 bridgehead atoms. The lowest BCUT2D eigenvalue weighted by atomic mass is 9.78. The van der Waals surface area contributed by atoms with Gasteiger partial charge in [0.2, 0.25) is 5.91 Å². The molecule has 0 aromatic carbocycles. The van der Waals surface area contributed by atoms with Crippen molar-refractivity contribution >= 4 is 5.91 Å². The topological polar surface area (TPSA) is 70.6 Å². The number of piperidine rings is 1. The summed E-state index contributed by atoms with van der Waals surface area (Å²) in [5.74, 6) is 0.0381. The van der Waals surface area contributed by atoms with Crippen molar-refractivity contribution in [2.45, 2.75) is 44.1 Å². The third kappa shape index (κ3) is 3.46. The highest BCUT2D eigenvalue weighted by Crippen LogP contribution is 2.31. The Morgan fingerprint density at radius 2 is 1.89 bits per heavy atom. The smallest absolute Gasteiger partial charge is 0.228 e. The highest BCUT2D eigenvalue weighted by molar-refractivity contribution is 5.83. The van der Waals surface area contributed by atoms with Gasteiger partial charge in [0.1, 0.15) is 0 Å². The summed E-state index contributed by atoms with van der Waals surface area (Å²) in [6.45, 7) is 2.53. The summed E-state index contributed by atoms with van der Waals surface area (Å²) >= 11 is 0. The molecule has 1 heterocycles. The third-order valence-corrected chi connectivity index (χ3v) is 4.58. The van der Waals surface area contributed by atoms with Crippen LogP contribution in [0.1, 0.15) is 38.5 Å². The molecule has 2 fully saturated rings. The van der Waals surface area contributed by atoms with Gasteiger partial charge in [0.05, 0.1) is 17.6 Å². The monoisotopic (exact) mass is 270 g/mol. The first-order chi connectivity index (χ1) is 9.10. The first-order valence-corrected chi connectivity index (χ1v) is 7.31. The second kappa shape index (κ2) is 6.20. The van der Waals surface area contributed by atoms with Crippen molar-refractivity contribution in [2.24, 2.45) is 5.41 Å². The van der Waals surface area contributed by atoms with Gasteiger partial charge in [0.25, 0.3) is 0 Å². The Kier molecular flexibility index (Phi) is 4.81. The molecule has 1 saturated heterocycles. The first kappa shape index (κ1) is 14.8. The fourth-order valence-electron chi connectivity index (χ4n) is 3.26. The number of hydrogen-bond donors (Lipinski definition) is 3. The molecule has 0 aromatic heterocycles. The van der Waals surface area contributed by atoms with Crippen LogP contribution in [0.25, 0.3) is 0 Å². The number of hydrogen-bond acceptors (Lipinski definition) is 4. The van der Waals surface area contributed by atoms with E-state index >= 15 is 0 Å². The van der Waals surface area contributed by atoms with E-state index in [1.54, 1.807) is 7.11 Å². The van der Waals surface area contributed by atoms with Crippen LogP contribution in [0.15, 0.2) is 0 Å². The molecule has 1 aliphatic carbocycles. The highest BCUT2D eigenvalue weighted by atomic mass is 16.5. The molecule has 1 saturated carbocycles. The fraction of sp³-hybridized carbons (Fsp3) is 0.929. The predicted octanol–water partition coefficient (Wildman–Crippen LogP) is 0.424. The molecule has 2 rings (SSSR count). The maximum Gasteiger partial charge on any atom is 0.228 e. The number of amides is 1. The summed E-state index contributed by atoms with van der Waals surface area (Å²) < 4.78 is 5.25. The van der Waals surface area contributed by atoms with E-state index < -0.39 is 11.0 Å². The SMILES string of the molecule is COCC1(C(=O)NCC2(O)CCCC2)CCNCC1. The van der Waals surface area contributed by atoms with Gasteiger partial charge in [-0.1, -0.05) is 12.8 Å². The van der Waals surface area contributed by atoms with Crippen molar-refractivity contribution in [1.29, 1.82) is 0 Å². The first-order valence-electron chi connectivity index (χ1n) is 7.31. The van der Waals surface area contributed by atoms with Crippen LogP contribution in [0.2, 0.25) is 0 Å². The van der Waals surface area contributed by atoms with Gasteiger partial charge in [-0.25, -0.2) is 0 Å². The summed E-state index contributed by atoms with van der Waals surface area (Å²) in [4.78, 5) is 12.5. The summed E-state index contributed by atoms with van der Waals surface area (Å²) in [6, 6.07) is 0. The zero-order chi connectivity index (χ0) is 13.8. The van der Waals surface area contributed by atoms with E-state index in [2.05, 4.69) is 10.6 Å². The van der Waals surface area contributed by atoms with Crippen LogP contribution in [0.5, 0.6) is 0 Å². The number of methoxy groups -OCH3 is 1. The minimum atomic E-state index is -0.684.